The van der Waals surface area contributed by atoms with Gasteiger partial charge in [-0.2, -0.15) is 0 Å². The Balaban J connectivity index is 1.82. The molecule has 0 aliphatic carbocycles. The zero-order valence-electron chi connectivity index (χ0n) is 13.8. The van der Waals surface area contributed by atoms with Crippen molar-refractivity contribution in [1.29, 1.82) is 0 Å². The maximum Gasteiger partial charge on any atom is 0.244 e. The van der Waals surface area contributed by atoms with Crippen LogP contribution in [0.25, 0.3) is 0 Å². The van der Waals surface area contributed by atoms with Crippen molar-refractivity contribution in [2.45, 2.75) is 25.8 Å². The summed E-state index contributed by atoms with van der Waals surface area (Å²) < 4.78 is 37.1. The quantitative estimate of drug-likeness (QED) is 0.756. The Hall–Kier alpha value is -1.48. The van der Waals surface area contributed by atoms with Crippen molar-refractivity contribution in [3.8, 4) is 0 Å². The molecule has 1 heterocycles. The first-order valence-electron chi connectivity index (χ1n) is 7.90. The van der Waals surface area contributed by atoms with Crippen LogP contribution in [0.4, 0.5) is 4.39 Å². The molecule has 1 aromatic carbocycles. The van der Waals surface area contributed by atoms with Crippen LogP contribution in [0, 0.1) is 5.82 Å². The lowest BCUT2D eigenvalue weighted by atomic mass is 10.1. The van der Waals surface area contributed by atoms with E-state index in [1.54, 1.807) is 19.1 Å². The van der Waals surface area contributed by atoms with Crippen LogP contribution in [-0.2, 0) is 25.8 Å². The Morgan fingerprint density at radius 2 is 1.96 bits per heavy atom. The Kier molecular flexibility index (Phi) is 6.56. The largest absolute Gasteiger partial charge is 0.345 e. The molecule has 0 aromatic heterocycles. The van der Waals surface area contributed by atoms with Crippen LogP contribution in [0.1, 0.15) is 18.9 Å². The van der Waals surface area contributed by atoms with E-state index in [0.29, 0.717) is 10.0 Å². The molecule has 9 heteroatoms. The second kappa shape index (κ2) is 8.27. The molecule has 0 unspecified atom stereocenters. The van der Waals surface area contributed by atoms with Gasteiger partial charge in [0, 0.05) is 24.0 Å². The van der Waals surface area contributed by atoms with E-state index >= 15 is 0 Å². The van der Waals surface area contributed by atoms with Crippen molar-refractivity contribution in [2.24, 2.45) is 0 Å². The third-order valence-corrected chi connectivity index (χ3v) is 6.14. The van der Waals surface area contributed by atoms with Gasteiger partial charge in [-0.15, -0.1) is 0 Å². The zero-order chi connectivity index (χ0) is 18.6. The lowest BCUT2D eigenvalue weighted by Crippen LogP contribution is -2.51. The number of hydrogen-bond donors (Lipinski definition) is 1. The number of aryl methyl sites for hydroxylation is 1. The average molecular weight is 435 g/mol. The van der Waals surface area contributed by atoms with Crippen molar-refractivity contribution in [1.82, 2.24) is 10.2 Å². The normalized spacial score (nSPS) is 17.8. The Morgan fingerprint density at radius 1 is 1.32 bits per heavy atom. The van der Waals surface area contributed by atoms with Crippen molar-refractivity contribution >= 4 is 37.6 Å². The first kappa shape index (κ1) is 19.8. The van der Waals surface area contributed by atoms with Crippen LogP contribution < -0.4 is 5.32 Å². The van der Waals surface area contributed by atoms with Gasteiger partial charge in [0.1, 0.15) is 11.9 Å². The van der Waals surface area contributed by atoms with Gasteiger partial charge in [0.2, 0.25) is 11.8 Å². The Labute approximate surface area is 154 Å². The smallest absolute Gasteiger partial charge is 0.244 e. The topological polar surface area (TPSA) is 83.6 Å². The molecule has 1 aliphatic heterocycles. The zero-order valence-corrected chi connectivity index (χ0v) is 16.2. The van der Waals surface area contributed by atoms with Crippen molar-refractivity contribution in [3.05, 3.63) is 34.1 Å². The number of nitrogens with one attached hydrogen (secondary N) is 1. The summed E-state index contributed by atoms with van der Waals surface area (Å²) >= 11 is 3.17. The molecule has 138 valence electrons. The Morgan fingerprint density at radius 3 is 2.56 bits per heavy atom. The monoisotopic (exact) mass is 434 g/mol. The average Bonchev–Trinajstić information content (AvgIpc) is 2.53. The standard InChI is InChI=1S/C16H20BrFN2O4S/c1-11(16(22)20-6-8-25(23,24)9-7-20)19-15(21)5-3-12-2-4-13(17)10-14(12)18/h2,4,10-11H,3,5-9H2,1H3,(H,19,21)/t11-/m0/s1. The molecule has 0 bridgehead atoms. The fourth-order valence-electron chi connectivity index (χ4n) is 2.55. The van der Waals surface area contributed by atoms with E-state index in [0.717, 1.165) is 0 Å². The van der Waals surface area contributed by atoms with Gasteiger partial charge in [0.05, 0.1) is 11.5 Å². The summed E-state index contributed by atoms with van der Waals surface area (Å²) in [6.45, 7) is 1.85. The summed E-state index contributed by atoms with van der Waals surface area (Å²) in [5.74, 6) is -1.16. The minimum Gasteiger partial charge on any atom is -0.345 e. The molecule has 2 rings (SSSR count). The summed E-state index contributed by atoms with van der Waals surface area (Å²) in [7, 11) is -3.06. The number of sulfone groups is 1. The van der Waals surface area contributed by atoms with Crippen LogP contribution in [0.5, 0.6) is 0 Å². The molecule has 0 saturated carbocycles. The summed E-state index contributed by atoms with van der Waals surface area (Å²) in [5, 5.41) is 2.59. The highest BCUT2D eigenvalue weighted by Gasteiger charge is 2.28. The molecule has 1 saturated heterocycles. The third-order valence-electron chi connectivity index (χ3n) is 4.04. The molecule has 6 nitrogen and oxygen atoms in total. The predicted octanol–water partition coefficient (Wildman–Crippen LogP) is 1.28. The number of hydrogen-bond acceptors (Lipinski definition) is 4. The molecule has 1 fully saturated rings. The van der Waals surface area contributed by atoms with Gasteiger partial charge in [0.15, 0.2) is 9.84 Å². The summed E-state index contributed by atoms with van der Waals surface area (Å²) in [5.41, 5.74) is 0.429. The molecular weight excluding hydrogens is 415 g/mol. The van der Waals surface area contributed by atoms with Crippen molar-refractivity contribution < 1.29 is 22.4 Å². The molecule has 1 atom stereocenters. The summed E-state index contributed by atoms with van der Waals surface area (Å²) in [6.07, 6.45) is 0.290. The van der Waals surface area contributed by atoms with E-state index in [9.17, 15) is 22.4 Å². The van der Waals surface area contributed by atoms with Gasteiger partial charge in [-0.25, -0.2) is 12.8 Å². The molecule has 2 amide bonds. The highest BCUT2D eigenvalue weighted by Crippen LogP contribution is 2.16. The van der Waals surface area contributed by atoms with Crippen molar-refractivity contribution in [3.63, 3.8) is 0 Å². The predicted molar refractivity (Wildman–Crippen MR) is 95.3 cm³/mol. The van der Waals surface area contributed by atoms with E-state index in [1.807, 2.05) is 0 Å². The number of benzene rings is 1. The van der Waals surface area contributed by atoms with E-state index in [4.69, 9.17) is 0 Å². The van der Waals surface area contributed by atoms with E-state index < -0.39 is 15.9 Å². The highest BCUT2D eigenvalue weighted by molar-refractivity contribution is 9.10. The SMILES string of the molecule is C[C@H](NC(=O)CCc1ccc(Br)cc1F)C(=O)N1CCS(=O)(=O)CC1. The van der Waals surface area contributed by atoms with Crippen LogP contribution in [0.2, 0.25) is 0 Å². The molecule has 1 aromatic rings. The van der Waals surface area contributed by atoms with Crippen LogP contribution in [-0.4, -0.2) is 55.8 Å². The first-order chi connectivity index (χ1) is 11.7. The summed E-state index contributed by atoms with van der Waals surface area (Å²) in [4.78, 5) is 25.7. The van der Waals surface area contributed by atoms with Gasteiger partial charge in [-0.1, -0.05) is 22.0 Å². The minimum atomic E-state index is -3.06. The van der Waals surface area contributed by atoms with Crippen LogP contribution in [0.3, 0.4) is 0 Å². The first-order valence-corrected chi connectivity index (χ1v) is 10.5. The maximum atomic E-state index is 13.7. The third kappa shape index (κ3) is 5.78. The number of halogens is 2. The van der Waals surface area contributed by atoms with Crippen molar-refractivity contribution in [2.75, 3.05) is 24.6 Å². The lowest BCUT2D eigenvalue weighted by molar-refractivity contribution is -0.135. The van der Waals surface area contributed by atoms with Gasteiger partial charge in [0.25, 0.3) is 0 Å². The second-order valence-electron chi connectivity index (χ2n) is 6.00. The van der Waals surface area contributed by atoms with Gasteiger partial charge >= 0.3 is 0 Å². The van der Waals surface area contributed by atoms with Crippen LogP contribution in [0.15, 0.2) is 22.7 Å². The molecular formula is C16H20BrFN2O4S. The maximum absolute atomic E-state index is 13.7. The fourth-order valence-corrected chi connectivity index (χ4v) is 4.09. The van der Waals surface area contributed by atoms with Gasteiger partial charge in [-0.3, -0.25) is 9.59 Å². The molecule has 0 radical (unpaired) electrons. The second-order valence-corrected chi connectivity index (χ2v) is 9.22. The number of carbonyl (C=O) groups excluding carboxylic acids is 2. The van der Waals surface area contributed by atoms with E-state index in [1.165, 1.54) is 11.0 Å². The number of nitrogens with zero attached hydrogens (tertiary/aromatic N) is 1. The number of amides is 2. The summed E-state index contributed by atoms with van der Waals surface area (Å²) in [6, 6.07) is 3.90. The van der Waals surface area contributed by atoms with E-state index in [2.05, 4.69) is 21.2 Å². The van der Waals surface area contributed by atoms with Gasteiger partial charge in [-0.05, 0) is 31.0 Å². The fraction of sp³-hybridized carbons (Fsp3) is 0.500. The van der Waals surface area contributed by atoms with Crippen LogP contribution >= 0.6 is 15.9 Å². The lowest BCUT2D eigenvalue weighted by Gasteiger charge is -2.29. The molecule has 25 heavy (non-hydrogen) atoms. The van der Waals surface area contributed by atoms with Gasteiger partial charge < -0.3 is 10.2 Å². The highest BCUT2D eigenvalue weighted by atomic mass is 79.9. The molecule has 1 aliphatic rings. The number of rotatable bonds is 5. The number of carbonyl (C=O) groups is 2. The minimum absolute atomic E-state index is 0.0533. The molecule has 0 spiro atoms. The molecule has 1 N–H and O–H groups in total. The van der Waals surface area contributed by atoms with E-state index in [-0.39, 0.29) is 55.1 Å². The Bertz CT molecular complexity index is 755.